The number of nitrogens with two attached hydrogens (primary N) is 1. The summed E-state index contributed by atoms with van der Waals surface area (Å²) in [5.41, 5.74) is 9.14. The number of nitrogen functional groups attached to an aromatic ring is 1. The van der Waals surface area contributed by atoms with Gasteiger partial charge >= 0.3 is 0 Å². The first-order valence-corrected chi connectivity index (χ1v) is 5.43. The molecule has 1 aliphatic rings. The van der Waals surface area contributed by atoms with E-state index < -0.39 is 0 Å². The van der Waals surface area contributed by atoms with Crippen LogP contribution in [0.1, 0.15) is 11.6 Å². The second-order valence-corrected chi connectivity index (χ2v) is 4.13. The van der Waals surface area contributed by atoms with E-state index in [0.29, 0.717) is 6.04 Å². The summed E-state index contributed by atoms with van der Waals surface area (Å²) in [6.45, 7) is 0.900. The lowest BCUT2D eigenvalue weighted by Crippen LogP contribution is -2.26. The number of fused-ring (bicyclic) bond motifs is 1. The third-order valence-corrected chi connectivity index (χ3v) is 3.10. The lowest BCUT2D eigenvalue weighted by molar-refractivity contribution is 0.510. The monoisotopic (exact) mass is 214 g/mol. The molecule has 16 heavy (non-hydrogen) atoms. The molecule has 2 heterocycles. The maximum absolute atomic E-state index is 5.92. The molecule has 1 aliphatic heterocycles. The normalized spacial score (nSPS) is 18.9. The SMILES string of the molecule is Nc1cccc2c1NCC(n1ccnc1)C2. The molecule has 0 amide bonds. The van der Waals surface area contributed by atoms with Gasteiger partial charge in [0.1, 0.15) is 0 Å². The smallest absolute Gasteiger partial charge is 0.0949 e. The van der Waals surface area contributed by atoms with Crippen molar-refractivity contribution < 1.29 is 0 Å². The summed E-state index contributed by atoms with van der Waals surface area (Å²) < 4.78 is 2.14. The van der Waals surface area contributed by atoms with E-state index in [0.717, 1.165) is 24.3 Å². The Morgan fingerprint density at radius 1 is 1.44 bits per heavy atom. The molecule has 4 nitrogen and oxygen atoms in total. The second-order valence-electron chi connectivity index (χ2n) is 4.13. The molecule has 0 fully saturated rings. The van der Waals surface area contributed by atoms with E-state index in [1.165, 1.54) is 5.56 Å². The number of hydrogen-bond acceptors (Lipinski definition) is 3. The zero-order chi connectivity index (χ0) is 11.0. The van der Waals surface area contributed by atoms with Crippen LogP contribution in [0.5, 0.6) is 0 Å². The van der Waals surface area contributed by atoms with Crippen molar-refractivity contribution in [3.8, 4) is 0 Å². The van der Waals surface area contributed by atoms with Crippen molar-refractivity contribution in [3.63, 3.8) is 0 Å². The Morgan fingerprint density at radius 3 is 3.19 bits per heavy atom. The van der Waals surface area contributed by atoms with E-state index in [9.17, 15) is 0 Å². The highest BCUT2D eigenvalue weighted by Gasteiger charge is 2.20. The molecule has 1 atom stereocenters. The summed E-state index contributed by atoms with van der Waals surface area (Å²) in [4.78, 5) is 4.08. The molecule has 0 radical (unpaired) electrons. The molecule has 1 aromatic carbocycles. The summed E-state index contributed by atoms with van der Waals surface area (Å²) in [7, 11) is 0. The Hall–Kier alpha value is -1.97. The predicted molar refractivity (Wildman–Crippen MR) is 64.3 cm³/mol. The number of hydrogen-bond donors (Lipinski definition) is 2. The Labute approximate surface area is 94.1 Å². The van der Waals surface area contributed by atoms with Gasteiger partial charge in [-0.25, -0.2) is 4.98 Å². The number of rotatable bonds is 1. The summed E-state index contributed by atoms with van der Waals surface area (Å²) in [6, 6.07) is 6.49. The molecule has 1 aromatic heterocycles. The number of benzene rings is 1. The quantitative estimate of drug-likeness (QED) is 0.710. The van der Waals surface area contributed by atoms with Crippen molar-refractivity contribution in [3.05, 3.63) is 42.5 Å². The molecule has 1 unspecified atom stereocenters. The summed E-state index contributed by atoms with van der Waals surface area (Å²) in [5.74, 6) is 0. The lowest BCUT2D eigenvalue weighted by Gasteiger charge is -2.27. The van der Waals surface area contributed by atoms with Crippen LogP contribution in [-0.2, 0) is 6.42 Å². The van der Waals surface area contributed by atoms with Crippen LogP contribution in [0.25, 0.3) is 0 Å². The third-order valence-electron chi connectivity index (χ3n) is 3.10. The van der Waals surface area contributed by atoms with Gasteiger partial charge < -0.3 is 15.6 Å². The van der Waals surface area contributed by atoms with Gasteiger partial charge in [-0.05, 0) is 18.1 Å². The van der Waals surface area contributed by atoms with Gasteiger partial charge in [0.15, 0.2) is 0 Å². The van der Waals surface area contributed by atoms with Crippen molar-refractivity contribution in [2.45, 2.75) is 12.5 Å². The fourth-order valence-corrected chi connectivity index (χ4v) is 2.25. The highest BCUT2D eigenvalue weighted by atomic mass is 15.1. The van der Waals surface area contributed by atoms with Gasteiger partial charge in [-0.1, -0.05) is 12.1 Å². The van der Waals surface area contributed by atoms with E-state index in [2.05, 4.69) is 20.9 Å². The van der Waals surface area contributed by atoms with Crippen molar-refractivity contribution in [2.24, 2.45) is 0 Å². The molecule has 3 N–H and O–H groups in total. The first kappa shape index (κ1) is 9.27. The Kier molecular flexibility index (Phi) is 2.06. The molecule has 0 spiro atoms. The number of aromatic nitrogens is 2. The number of anilines is 2. The summed E-state index contributed by atoms with van der Waals surface area (Å²) in [6.07, 6.45) is 6.69. The first-order chi connectivity index (χ1) is 7.84. The highest BCUT2D eigenvalue weighted by Crippen LogP contribution is 2.31. The Morgan fingerprint density at radius 2 is 2.38 bits per heavy atom. The van der Waals surface area contributed by atoms with E-state index in [4.69, 9.17) is 5.73 Å². The number of nitrogens with zero attached hydrogens (tertiary/aromatic N) is 2. The van der Waals surface area contributed by atoms with E-state index >= 15 is 0 Å². The molecule has 0 saturated carbocycles. The average molecular weight is 214 g/mol. The molecule has 0 aliphatic carbocycles. The summed E-state index contributed by atoms with van der Waals surface area (Å²) in [5, 5.41) is 3.40. The third kappa shape index (κ3) is 1.43. The van der Waals surface area contributed by atoms with Gasteiger partial charge in [-0.2, -0.15) is 0 Å². The zero-order valence-corrected chi connectivity index (χ0v) is 8.93. The van der Waals surface area contributed by atoms with Crippen LogP contribution in [0.15, 0.2) is 36.9 Å². The standard InChI is InChI=1S/C12H14N4/c13-11-3-1-2-9-6-10(7-15-12(9)11)16-5-4-14-8-16/h1-5,8,10,15H,6-7,13H2. The van der Waals surface area contributed by atoms with Gasteiger partial charge in [0.05, 0.1) is 23.7 Å². The fourth-order valence-electron chi connectivity index (χ4n) is 2.25. The minimum Gasteiger partial charge on any atom is -0.397 e. The van der Waals surface area contributed by atoms with Gasteiger partial charge in [-0.15, -0.1) is 0 Å². The fraction of sp³-hybridized carbons (Fsp3) is 0.250. The molecule has 0 bridgehead atoms. The van der Waals surface area contributed by atoms with E-state index in [1.54, 1.807) is 0 Å². The number of para-hydroxylation sites is 1. The van der Waals surface area contributed by atoms with Gasteiger partial charge in [0, 0.05) is 18.9 Å². The van der Waals surface area contributed by atoms with Crippen LogP contribution in [0.4, 0.5) is 11.4 Å². The minimum absolute atomic E-state index is 0.428. The van der Waals surface area contributed by atoms with Crippen molar-refractivity contribution >= 4 is 11.4 Å². The molecule has 3 rings (SSSR count). The van der Waals surface area contributed by atoms with Crippen molar-refractivity contribution in [1.29, 1.82) is 0 Å². The first-order valence-electron chi connectivity index (χ1n) is 5.43. The average Bonchev–Trinajstić information content (AvgIpc) is 2.82. The topological polar surface area (TPSA) is 55.9 Å². The summed E-state index contributed by atoms with van der Waals surface area (Å²) >= 11 is 0. The lowest BCUT2D eigenvalue weighted by atomic mass is 9.98. The largest absolute Gasteiger partial charge is 0.397 e. The highest BCUT2D eigenvalue weighted by molar-refractivity contribution is 5.71. The predicted octanol–water partition coefficient (Wildman–Crippen LogP) is 1.67. The molecular formula is C12H14N4. The van der Waals surface area contributed by atoms with Crippen molar-refractivity contribution in [1.82, 2.24) is 9.55 Å². The van der Waals surface area contributed by atoms with Crippen LogP contribution < -0.4 is 11.1 Å². The second kappa shape index (κ2) is 3.56. The minimum atomic E-state index is 0.428. The molecule has 4 heteroatoms. The number of imidazole rings is 1. The van der Waals surface area contributed by atoms with Gasteiger partial charge in [-0.3, -0.25) is 0 Å². The molecular weight excluding hydrogens is 200 g/mol. The molecule has 0 saturated heterocycles. The maximum atomic E-state index is 5.92. The Bertz CT molecular complexity index is 490. The van der Waals surface area contributed by atoms with Gasteiger partial charge in [0.2, 0.25) is 0 Å². The van der Waals surface area contributed by atoms with Crippen LogP contribution in [0.2, 0.25) is 0 Å². The van der Waals surface area contributed by atoms with Crippen LogP contribution in [-0.4, -0.2) is 16.1 Å². The van der Waals surface area contributed by atoms with Crippen LogP contribution in [0.3, 0.4) is 0 Å². The zero-order valence-electron chi connectivity index (χ0n) is 8.93. The van der Waals surface area contributed by atoms with E-state index in [-0.39, 0.29) is 0 Å². The van der Waals surface area contributed by atoms with Crippen LogP contribution >= 0.6 is 0 Å². The van der Waals surface area contributed by atoms with Crippen LogP contribution in [0, 0.1) is 0 Å². The Balaban J connectivity index is 1.92. The van der Waals surface area contributed by atoms with Gasteiger partial charge in [0.25, 0.3) is 0 Å². The van der Waals surface area contributed by atoms with Crippen molar-refractivity contribution in [2.75, 3.05) is 17.6 Å². The molecule has 82 valence electrons. The maximum Gasteiger partial charge on any atom is 0.0949 e. The molecule has 2 aromatic rings. The van der Waals surface area contributed by atoms with E-state index in [1.807, 2.05) is 30.9 Å². The number of nitrogens with one attached hydrogen (secondary N) is 1.